The van der Waals surface area contributed by atoms with E-state index in [0.717, 1.165) is 6.42 Å². The molecule has 2 saturated heterocycles. The highest BCUT2D eigenvalue weighted by Crippen LogP contribution is 2.38. The largest absolute Gasteiger partial charge is 0.481 e. The van der Waals surface area contributed by atoms with Crippen molar-refractivity contribution >= 4 is 11.9 Å². The maximum absolute atomic E-state index is 12.3. The van der Waals surface area contributed by atoms with Gasteiger partial charge in [0.05, 0.1) is 48.8 Å². The fraction of sp³-hybridized carbons (Fsp3) is 0.657. The van der Waals surface area contributed by atoms with Crippen molar-refractivity contribution in [1.29, 1.82) is 0 Å². The van der Waals surface area contributed by atoms with Crippen molar-refractivity contribution in [2.45, 2.75) is 132 Å². The molecule has 0 aromatic heterocycles. The highest BCUT2D eigenvalue weighted by Gasteiger charge is 2.50. The van der Waals surface area contributed by atoms with Gasteiger partial charge < -0.3 is 60.4 Å². The van der Waals surface area contributed by atoms with Gasteiger partial charge in [-0.3, -0.25) is 4.79 Å². The number of fused-ring (bicyclic) bond motifs is 2. The molecule has 14 atom stereocenters. The number of aliphatic hydroxyl groups is 6. The molecule has 0 radical (unpaired) electrons. The van der Waals surface area contributed by atoms with Gasteiger partial charge in [-0.15, -0.1) is 0 Å². The van der Waals surface area contributed by atoms with Crippen molar-refractivity contribution < 1.29 is 64.3 Å². The number of carbonyl (C=O) groups is 2. The minimum atomic E-state index is -2.18. The summed E-state index contributed by atoms with van der Waals surface area (Å²) in [4.78, 5) is 24.6. The maximum Gasteiger partial charge on any atom is 0.330 e. The van der Waals surface area contributed by atoms with Crippen LogP contribution in [0.25, 0.3) is 0 Å². The molecule has 0 aromatic carbocycles. The van der Waals surface area contributed by atoms with E-state index in [-0.39, 0.29) is 25.2 Å². The first kappa shape index (κ1) is 40.7. The fourth-order valence-corrected chi connectivity index (χ4v) is 6.29. The number of cyclic esters (lactones) is 1. The number of nitrogens with two attached hydrogens (primary N) is 1. The molecule has 49 heavy (non-hydrogen) atoms. The first-order valence-corrected chi connectivity index (χ1v) is 16.8. The van der Waals surface area contributed by atoms with E-state index >= 15 is 0 Å². The first-order valence-electron chi connectivity index (χ1n) is 16.8. The minimum Gasteiger partial charge on any atom is -0.481 e. The molecule has 14 nitrogen and oxygen atoms in total. The number of carboxylic acids is 1. The van der Waals surface area contributed by atoms with Gasteiger partial charge >= 0.3 is 11.9 Å². The molecule has 3 aliphatic heterocycles. The topological polar surface area (TPSA) is 239 Å². The van der Waals surface area contributed by atoms with E-state index < -0.39 is 104 Å². The van der Waals surface area contributed by atoms with Crippen LogP contribution < -0.4 is 5.73 Å². The monoisotopic (exact) mass is 695 g/mol. The molecule has 3 heterocycles. The summed E-state index contributed by atoms with van der Waals surface area (Å²) < 4.78 is 23.1. The van der Waals surface area contributed by atoms with Gasteiger partial charge in [0.15, 0.2) is 12.1 Å². The average molecular weight is 696 g/mol. The summed E-state index contributed by atoms with van der Waals surface area (Å²) in [5.41, 5.74) is 5.98. The predicted octanol–water partition coefficient (Wildman–Crippen LogP) is 0.739. The van der Waals surface area contributed by atoms with Gasteiger partial charge in [-0.25, -0.2) is 4.79 Å². The molecule has 0 aliphatic carbocycles. The lowest BCUT2D eigenvalue weighted by Crippen LogP contribution is -2.61. The number of hydrogen-bond donors (Lipinski definition) is 8. The smallest absolute Gasteiger partial charge is 0.330 e. The SMILES string of the molecule is CC[C@@H]1\C=C/C=C\C=C/C=C\[C@H](O[C@@H]2O[C@H](C)[C@H](O)[C@H](N)[C@@H]2O)C[C@H]2O[C@@](O)(C[C@H](O)C[C@H](O)C/C=C\C(=O)O[C@@H]1C)C[C@@H](O)[C@H]2C(=O)O. The van der Waals surface area contributed by atoms with Crippen LogP contribution in [0.4, 0.5) is 0 Å². The number of carboxylic acid groups (broad SMARTS) is 1. The Morgan fingerprint density at radius 1 is 0.939 bits per heavy atom. The van der Waals surface area contributed by atoms with E-state index in [1.165, 1.54) is 12.2 Å². The summed E-state index contributed by atoms with van der Waals surface area (Å²) in [6.07, 6.45) is 4.26. The molecule has 0 unspecified atom stereocenters. The summed E-state index contributed by atoms with van der Waals surface area (Å²) in [5.74, 6) is -5.69. The number of aliphatic carboxylic acids is 1. The van der Waals surface area contributed by atoms with Gasteiger partial charge in [-0.05, 0) is 33.1 Å². The van der Waals surface area contributed by atoms with Crippen LogP contribution in [-0.2, 0) is 28.5 Å². The number of aliphatic hydroxyl groups excluding tert-OH is 5. The van der Waals surface area contributed by atoms with Gasteiger partial charge in [0.2, 0.25) is 0 Å². The third kappa shape index (κ3) is 12.2. The minimum absolute atomic E-state index is 0.00132. The van der Waals surface area contributed by atoms with Gasteiger partial charge in [0, 0.05) is 31.3 Å². The van der Waals surface area contributed by atoms with Crippen molar-refractivity contribution in [2.24, 2.45) is 17.6 Å². The van der Waals surface area contributed by atoms with Crippen molar-refractivity contribution in [1.82, 2.24) is 0 Å². The maximum atomic E-state index is 12.3. The standard InChI is InChI=1S/C35H53NO13/c1-4-22-12-9-7-5-6-8-10-14-25(48-34-32(42)30(36)31(41)21(3)47-34)17-27-29(33(43)44)26(39)19-35(45,49-27)18-24(38)16-23(37)13-11-15-28(40)46-20(22)2/h5-12,14-15,20-27,29-32,34,37-39,41-42,45H,4,13,16-19,36H2,1-3H3,(H,43,44)/b7-5-,8-6-,12-9-,14-10-,15-11-/t20-,21-,22-,23-,24-,25+,26-,27-,29-,30+,31+,32+,34+,35+/m1/s1. The first-order chi connectivity index (χ1) is 23.1. The summed E-state index contributed by atoms with van der Waals surface area (Å²) in [6.45, 7) is 5.32. The summed E-state index contributed by atoms with van der Waals surface area (Å²) in [6, 6.07) is -1.09. The van der Waals surface area contributed by atoms with E-state index in [4.69, 9.17) is 24.7 Å². The Morgan fingerprint density at radius 2 is 1.59 bits per heavy atom. The van der Waals surface area contributed by atoms with Crippen LogP contribution in [0.3, 0.4) is 0 Å². The molecule has 2 fully saturated rings. The van der Waals surface area contributed by atoms with E-state index in [9.17, 15) is 45.3 Å². The van der Waals surface area contributed by atoms with E-state index in [1.807, 2.05) is 19.1 Å². The van der Waals surface area contributed by atoms with Crippen LogP contribution in [0.15, 0.2) is 60.8 Å². The molecule has 0 amide bonds. The summed E-state index contributed by atoms with van der Waals surface area (Å²) >= 11 is 0. The van der Waals surface area contributed by atoms with Crippen LogP contribution in [0, 0.1) is 11.8 Å². The third-order valence-corrected chi connectivity index (χ3v) is 9.05. The van der Waals surface area contributed by atoms with Gasteiger partial charge in [-0.2, -0.15) is 0 Å². The van der Waals surface area contributed by atoms with Crippen molar-refractivity contribution in [3.8, 4) is 0 Å². The number of rotatable bonds is 4. The normalized spacial score (nSPS) is 45.2. The van der Waals surface area contributed by atoms with E-state index in [0.29, 0.717) is 0 Å². The number of carbonyl (C=O) groups excluding carboxylic acids is 1. The Hall–Kier alpha value is -2.76. The number of allylic oxidation sites excluding steroid dienone is 6. The average Bonchev–Trinajstić information content (AvgIpc) is 3.00. The van der Waals surface area contributed by atoms with Gasteiger partial charge in [0.1, 0.15) is 18.1 Å². The van der Waals surface area contributed by atoms with E-state index in [2.05, 4.69) is 0 Å². The summed E-state index contributed by atoms with van der Waals surface area (Å²) in [5, 5.41) is 74.4. The van der Waals surface area contributed by atoms with Crippen LogP contribution in [0.2, 0.25) is 0 Å². The lowest BCUT2D eigenvalue weighted by Gasteiger charge is -2.45. The Bertz CT molecular complexity index is 1220. The van der Waals surface area contributed by atoms with Crippen LogP contribution in [0.5, 0.6) is 0 Å². The summed E-state index contributed by atoms with van der Waals surface area (Å²) in [7, 11) is 0. The van der Waals surface area contributed by atoms with Crippen molar-refractivity contribution in [2.75, 3.05) is 0 Å². The Labute approximate surface area is 286 Å². The molecule has 3 rings (SSSR count). The number of ether oxygens (including phenoxy) is 4. The van der Waals surface area contributed by atoms with Crippen LogP contribution >= 0.6 is 0 Å². The molecular weight excluding hydrogens is 642 g/mol. The van der Waals surface area contributed by atoms with E-state index in [1.54, 1.807) is 50.3 Å². The Morgan fingerprint density at radius 3 is 2.24 bits per heavy atom. The molecule has 14 heteroatoms. The zero-order valence-corrected chi connectivity index (χ0v) is 28.2. The van der Waals surface area contributed by atoms with Crippen molar-refractivity contribution in [3.63, 3.8) is 0 Å². The lowest BCUT2D eigenvalue weighted by molar-refractivity contribution is -0.308. The molecule has 3 aliphatic rings. The quantitative estimate of drug-likeness (QED) is 0.189. The second-order valence-corrected chi connectivity index (χ2v) is 13.1. The molecule has 2 bridgehead atoms. The number of esters is 1. The fourth-order valence-electron chi connectivity index (χ4n) is 6.29. The third-order valence-electron chi connectivity index (χ3n) is 9.05. The van der Waals surface area contributed by atoms with Crippen molar-refractivity contribution in [3.05, 3.63) is 60.8 Å². The molecule has 9 N–H and O–H groups in total. The molecule has 0 spiro atoms. The number of hydrogen-bond acceptors (Lipinski definition) is 13. The lowest BCUT2D eigenvalue weighted by atomic mass is 9.83. The highest BCUT2D eigenvalue weighted by atomic mass is 16.7. The van der Waals surface area contributed by atoms with Gasteiger partial charge in [0.25, 0.3) is 0 Å². The van der Waals surface area contributed by atoms with Crippen LogP contribution in [0.1, 0.15) is 59.3 Å². The zero-order chi connectivity index (χ0) is 36.3. The second kappa shape index (κ2) is 19.0. The molecular formula is C35H53NO13. The zero-order valence-electron chi connectivity index (χ0n) is 28.2. The van der Waals surface area contributed by atoms with Crippen LogP contribution in [-0.4, -0.2) is 121 Å². The Balaban J connectivity index is 1.93. The second-order valence-electron chi connectivity index (χ2n) is 13.1. The molecule has 0 saturated carbocycles. The molecule has 276 valence electrons. The Kier molecular flexibility index (Phi) is 15.8. The molecule has 0 aromatic rings. The predicted molar refractivity (Wildman–Crippen MR) is 176 cm³/mol. The van der Waals surface area contributed by atoms with Gasteiger partial charge in [-0.1, -0.05) is 61.6 Å². The highest BCUT2D eigenvalue weighted by molar-refractivity contribution is 5.82.